The first-order chi connectivity index (χ1) is 6.26. The number of rotatable bonds is 5. The summed E-state index contributed by atoms with van der Waals surface area (Å²) in [7, 11) is 0. The van der Waals surface area contributed by atoms with E-state index < -0.39 is 0 Å². The molecule has 0 amide bonds. The van der Waals surface area contributed by atoms with E-state index in [0.717, 1.165) is 12.8 Å². The molecular formula is C11H16OS. The Morgan fingerprint density at radius 3 is 2.54 bits per heavy atom. The van der Waals surface area contributed by atoms with Crippen molar-refractivity contribution in [3.63, 3.8) is 0 Å². The second-order valence-corrected chi connectivity index (χ2v) is 4.37. The second kappa shape index (κ2) is 5.18. The van der Waals surface area contributed by atoms with E-state index in [9.17, 15) is 4.79 Å². The van der Waals surface area contributed by atoms with Gasteiger partial charge < -0.3 is 0 Å². The maximum atomic E-state index is 11.1. The minimum atomic E-state index is 0.367. The quantitative estimate of drug-likeness (QED) is 0.706. The van der Waals surface area contributed by atoms with Gasteiger partial charge in [-0.05, 0) is 25.0 Å². The Kier molecular flexibility index (Phi) is 4.16. The molecule has 0 saturated heterocycles. The molecular weight excluding hydrogens is 180 g/mol. The molecule has 0 saturated carbocycles. The molecule has 0 spiro atoms. The molecule has 0 aromatic carbocycles. The van der Waals surface area contributed by atoms with Crippen molar-refractivity contribution in [2.24, 2.45) is 0 Å². The van der Waals surface area contributed by atoms with Crippen LogP contribution < -0.4 is 0 Å². The van der Waals surface area contributed by atoms with Gasteiger partial charge in [0.1, 0.15) is 5.78 Å². The average Bonchev–Trinajstić information content (AvgIpc) is 2.61. The van der Waals surface area contributed by atoms with Crippen LogP contribution in [0.5, 0.6) is 0 Å². The van der Waals surface area contributed by atoms with E-state index >= 15 is 0 Å². The van der Waals surface area contributed by atoms with Crippen molar-refractivity contribution < 1.29 is 4.79 Å². The van der Waals surface area contributed by atoms with Crippen LogP contribution in [0.25, 0.3) is 0 Å². The maximum Gasteiger partial charge on any atom is 0.132 e. The summed E-state index contributed by atoms with van der Waals surface area (Å²) in [5, 5.41) is 0. The van der Waals surface area contributed by atoms with Crippen LogP contribution in [-0.2, 0) is 17.6 Å². The number of aryl methyl sites for hydroxylation is 2. The van der Waals surface area contributed by atoms with Gasteiger partial charge in [-0.3, -0.25) is 4.79 Å². The highest BCUT2D eigenvalue weighted by molar-refractivity contribution is 7.11. The molecule has 0 aliphatic heterocycles. The predicted octanol–water partition coefficient (Wildman–Crippen LogP) is 3.22. The summed E-state index contributed by atoms with van der Waals surface area (Å²) in [5.74, 6) is 0.367. The van der Waals surface area contributed by atoms with Crippen LogP contribution in [-0.4, -0.2) is 5.78 Å². The molecule has 1 rings (SSSR count). The number of ketones is 1. The van der Waals surface area contributed by atoms with Gasteiger partial charge in [-0.15, -0.1) is 11.3 Å². The zero-order valence-corrected chi connectivity index (χ0v) is 9.12. The molecule has 1 nitrogen and oxygen atoms in total. The summed E-state index contributed by atoms with van der Waals surface area (Å²) in [5.41, 5.74) is 0. The summed E-state index contributed by atoms with van der Waals surface area (Å²) in [4.78, 5) is 13.8. The molecule has 1 heterocycles. The van der Waals surface area contributed by atoms with E-state index in [4.69, 9.17) is 0 Å². The number of hydrogen-bond donors (Lipinski definition) is 0. The van der Waals surface area contributed by atoms with Crippen molar-refractivity contribution in [3.05, 3.63) is 21.9 Å². The van der Waals surface area contributed by atoms with Gasteiger partial charge in [0.15, 0.2) is 0 Å². The molecule has 13 heavy (non-hydrogen) atoms. The van der Waals surface area contributed by atoms with Crippen molar-refractivity contribution in [3.8, 4) is 0 Å². The van der Waals surface area contributed by atoms with Crippen LogP contribution in [0.2, 0.25) is 0 Å². The van der Waals surface area contributed by atoms with E-state index in [1.54, 1.807) is 0 Å². The summed E-state index contributed by atoms with van der Waals surface area (Å²) in [6.45, 7) is 4.08. The lowest BCUT2D eigenvalue weighted by Crippen LogP contribution is -1.95. The minimum absolute atomic E-state index is 0.367. The highest BCUT2D eigenvalue weighted by atomic mass is 32.1. The molecule has 0 aliphatic carbocycles. The van der Waals surface area contributed by atoms with E-state index in [-0.39, 0.29) is 0 Å². The van der Waals surface area contributed by atoms with Crippen LogP contribution in [0.15, 0.2) is 12.1 Å². The maximum absolute atomic E-state index is 11.1. The van der Waals surface area contributed by atoms with Crippen LogP contribution in [0.1, 0.15) is 36.4 Å². The largest absolute Gasteiger partial charge is 0.300 e. The first kappa shape index (κ1) is 10.5. The van der Waals surface area contributed by atoms with Gasteiger partial charge in [0.25, 0.3) is 0 Å². The molecule has 2 heteroatoms. The number of Topliss-reactive ketones (excluding diaryl/α,β-unsaturated/α-hetero) is 1. The van der Waals surface area contributed by atoms with E-state index in [1.165, 1.54) is 9.75 Å². The lowest BCUT2D eigenvalue weighted by atomic mass is 10.1. The Morgan fingerprint density at radius 1 is 1.31 bits per heavy atom. The van der Waals surface area contributed by atoms with Crippen molar-refractivity contribution in [2.75, 3.05) is 0 Å². The van der Waals surface area contributed by atoms with E-state index in [0.29, 0.717) is 18.6 Å². The number of carbonyl (C=O) groups is 1. The monoisotopic (exact) mass is 196 g/mol. The SMILES string of the molecule is CCC(=O)CCc1ccc(CC)s1. The van der Waals surface area contributed by atoms with Crippen LogP contribution in [0, 0.1) is 0 Å². The van der Waals surface area contributed by atoms with Gasteiger partial charge in [0, 0.05) is 22.6 Å². The Hall–Kier alpha value is -0.630. The standard InChI is InChI=1S/C11H16OS/c1-3-9(12)5-6-11-8-7-10(4-2)13-11/h7-8H,3-6H2,1-2H3. The highest BCUT2D eigenvalue weighted by Crippen LogP contribution is 2.18. The molecule has 0 N–H and O–H groups in total. The van der Waals surface area contributed by atoms with Gasteiger partial charge in [-0.1, -0.05) is 13.8 Å². The van der Waals surface area contributed by atoms with Crippen LogP contribution >= 0.6 is 11.3 Å². The first-order valence-corrected chi connectivity index (χ1v) is 5.67. The fourth-order valence-corrected chi connectivity index (χ4v) is 2.14. The van der Waals surface area contributed by atoms with Crippen molar-refractivity contribution in [2.45, 2.75) is 39.5 Å². The molecule has 0 bridgehead atoms. The molecule has 72 valence electrons. The normalized spacial score (nSPS) is 10.3. The highest BCUT2D eigenvalue weighted by Gasteiger charge is 2.02. The number of thiophene rings is 1. The first-order valence-electron chi connectivity index (χ1n) is 4.85. The second-order valence-electron chi connectivity index (χ2n) is 3.11. The smallest absolute Gasteiger partial charge is 0.132 e. The Morgan fingerprint density at radius 2 is 2.00 bits per heavy atom. The fraction of sp³-hybridized carbons (Fsp3) is 0.545. The fourth-order valence-electron chi connectivity index (χ4n) is 1.19. The average molecular weight is 196 g/mol. The third-order valence-corrected chi connectivity index (χ3v) is 3.40. The Bertz CT molecular complexity index is 275. The molecule has 1 aromatic rings. The summed E-state index contributed by atoms with van der Waals surface area (Å²) in [6.07, 6.45) is 3.41. The summed E-state index contributed by atoms with van der Waals surface area (Å²) in [6, 6.07) is 4.31. The van der Waals surface area contributed by atoms with Gasteiger partial charge >= 0.3 is 0 Å². The molecule has 1 aromatic heterocycles. The topological polar surface area (TPSA) is 17.1 Å². The molecule has 0 atom stereocenters. The van der Waals surface area contributed by atoms with Crippen molar-refractivity contribution >= 4 is 17.1 Å². The Balaban J connectivity index is 2.41. The van der Waals surface area contributed by atoms with Gasteiger partial charge in [0.05, 0.1) is 0 Å². The third kappa shape index (κ3) is 3.31. The predicted molar refractivity (Wildman–Crippen MR) is 57.3 cm³/mol. The van der Waals surface area contributed by atoms with Crippen molar-refractivity contribution in [1.29, 1.82) is 0 Å². The van der Waals surface area contributed by atoms with Crippen LogP contribution in [0.4, 0.5) is 0 Å². The van der Waals surface area contributed by atoms with Crippen LogP contribution in [0.3, 0.4) is 0 Å². The zero-order valence-electron chi connectivity index (χ0n) is 8.30. The number of carbonyl (C=O) groups excluding carboxylic acids is 1. The molecule has 0 fully saturated rings. The molecule has 0 unspecified atom stereocenters. The van der Waals surface area contributed by atoms with Gasteiger partial charge in [0.2, 0.25) is 0 Å². The lowest BCUT2D eigenvalue weighted by molar-refractivity contribution is -0.118. The van der Waals surface area contributed by atoms with Crippen molar-refractivity contribution in [1.82, 2.24) is 0 Å². The molecule has 0 aliphatic rings. The zero-order chi connectivity index (χ0) is 9.68. The summed E-state index contributed by atoms with van der Waals surface area (Å²) < 4.78 is 0. The van der Waals surface area contributed by atoms with E-state index in [1.807, 2.05) is 18.3 Å². The minimum Gasteiger partial charge on any atom is -0.300 e. The third-order valence-electron chi connectivity index (χ3n) is 2.11. The number of hydrogen-bond acceptors (Lipinski definition) is 2. The van der Waals surface area contributed by atoms with E-state index in [2.05, 4.69) is 19.1 Å². The van der Waals surface area contributed by atoms with Gasteiger partial charge in [-0.2, -0.15) is 0 Å². The summed E-state index contributed by atoms with van der Waals surface area (Å²) >= 11 is 1.83. The lowest BCUT2D eigenvalue weighted by Gasteiger charge is -1.94. The molecule has 0 radical (unpaired) electrons. The Labute approximate surface area is 83.8 Å². The van der Waals surface area contributed by atoms with Gasteiger partial charge in [-0.25, -0.2) is 0 Å².